The van der Waals surface area contributed by atoms with E-state index < -0.39 is 0 Å². The van der Waals surface area contributed by atoms with Gasteiger partial charge in [0.25, 0.3) is 5.91 Å². The van der Waals surface area contributed by atoms with E-state index in [0.717, 1.165) is 37.7 Å². The molecule has 4 heterocycles. The van der Waals surface area contributed by atoms with Gasteiger partial charge in [0.1, 0.15) is 17.9 Å². The molecule has 126 valence electrons. The lowest BCUT2D eigenvalue weighted by Gasteiger charge is -2.36. The topological polar surface area (TPSA) is 64.7 Å². The van der Waals surface area contributed by atoms with Crippen LogP contribution < -0.4 is 0 Å². The third-order valence-corrected chi connectivity index (χ3v) is 4.73. The van der Waals surface area contributed by atoms with Crippen molar-refractivity contribution in [3.8, 4) is 0 Å². The van der Waals surface area contributed by atoms with Crippen molar-refractivity contribution < 1.29 is 9.21 Å². The van der Waals surface area contributed by atoms with Gasteiger partial charge in [-0.25, -0.2) is 4.99 Å². The molecule has 1 amide bonds. The van der Waals surface area contributed by atoms with Crippen molar-refractivity contribution in [3.63, 3.8) is 0 Å². The first-order valence-corrected chi connectivity index (χ1v) is 8.41. The first-order chi connectivity index (χ1) is 11.7. The highest BCUT2D eigenvalue weighted by molar-refractivity contribution is 6.03. The predicted octanol–water partition coefficient (Wildman–Crippen LogP) is 1.41. The van der Waals surface area contributed by atoms with Crippen LogP contribution in [0.2, 0.25) is 0 Å². The van der Waals surface area contributed by atoms with Crippen molar-refractivity contribution in [1.82, 2.24) is 14.7 Å². The molecule has 1 fully saturated rings. The summed E-state index contributed by atoms with van der Waals surface area (Å²) in [7, 11) is 0. The summed E-state index contributed by atoms with van der Waals surface area (Å²) >= 11 is 0. The van der Waals surface area contributed by atoms with Crippen molar-refractivity contribution in [2.45, 2.75) is 19.4 Å². The summed E-state index contributed by atoms with van der Waals surface area (Å²) < 4.78 is 5.00. The number of carbonyl (C=O) groups is 1. The van der Waals surface area contributed by atoms with Gasteiger partial charge in [-0.3, -0.25) is 9.79 Å². The van der Waals surface area contributed by atoms with Gasteiger partial charge in [0, 0.05) is 38.8 Å². The molecule has 4 rings (SSSR count). The molecule has 1 unspecified atom stereocenters. The Morgan fingerprint density at radius 1 is 1.33 bits per heavy atom. The largest absolute Gasteiger partial charge is 0.472 e. The summed E-state index contributed by atoms with van der Waals surface area (Å²) in [5.74, 6) is 1.97. The van der Waals surface area contributed by atoms with Gasteiger partial charge in [-0.15, -0.1) is 0 Å². The Balaban J connectivity index is 1.40. The Labute approximate surface area is 140 Å². The minimum Gasteiger partial charge on any atom is -0.472 e. The molecule has 24 heavy (non-hydrogen) atoms. The zero-order valence-electron chi connectivity index (χ0n) is 13.8. The Morgan fingerprint density at radius 3 is 2.88 bits per heavy atom. The molecule has 7 heteroatoms. The van der Waals surface area contributed by atoms with Crippen LogP contribution in [0.25, 0.3) is 0 Å². The highest BCUT2D eigenvalue weighted by Crippen LogP contribution is 2.20. The van der Waals surface area contributed by atoms with Gasteiger partial charge in [-0.2, -0.15) is 0 Å². The van der Waals surface area contributed by atoms with Gasteiger partial charge in [0.05, 0.1) is 24.2 Å². The van der Waals surface area contributed by atoms with Crippen molar-refractivity contribution in [2.75, 3.05) is 32.7 Å². The van der Waals surface area contributed by atoms with E-state index in [1.807, 2.05) is 11.2 Å². The smallest absolute Gasteiger partial charge is 0.257 e. The highest BCUT2D eigenvalue weighted by Gasteiger charge is 2.28. The van der Waals surface area contributed by atoms with Gasteiger partial charge < -0.3 is 19.1 Å². The number of fused-ring (bicyclic) bond motifs is 1. The number of aliphatic imine (C=N–C) groups is 2. The molecular weight excluding hydrogens is 306 g/mol. The maximum Gasteiger partial charge on any atom is 0.257 e. The standard InChI is InChI=1S/C17H21N5O2/c1-2-14-10-22-12-18-15(9-16(22)19-14)20-4-6-21(7-5-20)17(23)13-3-8-24-11-13/h3,8-9,11-12,14H,2,4-7,10H2,1H3. The van der Waals surface area contributed by atoms with Crippen molar-refractivity contribution in [1.29, 1.82) is 0 Å². The van der Waals surface area contributed by atoms with Crippen LogP contribution in [0, 0.1) is 0 Å². The molecule has 1 atom stereocenters. The molecule has 3 aliphatic rings. The molecule has 1 saturated heterocycles. The van der Waals surface area contributed by atoms with Gasteiger partial charge >= 0.3 is 0 Å². The van der Waals surface area contributed by atoms with Gasteiger partial charge in [0.15, 0.2) is 0 Å². The van der Waals surface area contributed by atoms with Crippen LogP contribution in [-0.2, 0) is 0 Å². The van der Waals surface area contributed by atoms with Crippen LogP contribution in [-0.4, -0.2) is 71.5 Å². The number of amidine groups is 1. The number of rotatable bonds is 3. The molecule has 3 aliphatic heterocycles. The Bertz CT molecular complexity index is 699. The fourth-order valence-electron chi connectivity index (χ4n) is 3.23. The molecule has 0 aliphatic carbocycles. The second-order valence-corrected chi connectivity index (χ2v) is 6.24. The number of amides is 1. The van der Waals surface area contributed by atoms with Crippen LogP contribution in [0.15, 0.2) is 44.9 Å². The maximum atomic E-state index is 12.3. The Morgan fingerprint density at radius 2 is 2.17 bits per heavy atom. The minimum atomic E-state index is 0.0293. The molecule has 0 aromatic carbocycles. The zero-order chi connectivity index (χ0) is 16.5. The van der Waals surface area contributed by atoms with Crippen LogP contribution in [0.3, 0.4) is 0 Å². The van der Waals surface area contributed by atoms with E-state index in [9.17, 15) is 4.79 Å². The summed E-state index contributed by atoms with van der Waals surface area (Å²) in [4.78, 5) is 27.8. The van der Waals surface area contributed by atoms with Crippen LogP contribution in [0.5, 0.6) is 0 Å². The molecule has 1 aromatic heterocycles. The average Bonchev–Trinajstić information content (AvgIpc) is 3.29. The second-order valence-electron chi connectivity index (χ2n) is 6.24. The molecule has 0 N–H and O–H groups in total. The summed E-state index contributed by atoms with van der Waals surface area (Å²) in [5.41, 5.74) is 0.611. The van der Waals surface area contributed by atoms with Gasteiger partial charge in [0.2, 0.25) is 0 Å². The molecule has 0 spiro atoms. The lowest BCUT2D eigenvalue weighted by atomic mass is 10.2. The number of hydrogen-bond donors (Lipinski definition) is 0. The molecule has 1 aromatic rings. The molecule has 0 saturated carbocycles. The molecule has 0 bridgehead atoms. The van der Waals surface area contributed by atoms with Crippen LogP contribution in [0.4, 0.5) is 0 Å². The summed E-state index contributed by atoms with van der Waals surface area (Å²) in [5, 5.41) is 0. The van der Waals surface area contributed by atoms with E-state index in [0.29, 0.717) is 24.7 Å². The van der Waals surface area contributed by atoms with E-state index in [1.54, 1.807) is 6.07 Å². The Hall–Kier alpha value is -2.57. The summed E-state index contributed by atoms with van der Waals surface area (Å²) in [6.07, 6.45) is 8.02. The lowest BCUT2D eigenvalue weighted by Crippen LogP contribution is -2.48. The van der Waals surface area contributed by atoms with E-state index in [2.05, 4.69) is 27.8 Å². The number of hydrogen-bond acceptors (Lipinski definition) is 6. The number of nitrogens with zero attached hydrogens (tertiary/aromatic N) is 5. The average molecular weight is 327 g/mol. The maximum absolute atomic E-state index is 12.3. The summed E-state index contributed by atoms with van der Waals surface area (Å²) in [6, 6.07) is 2.08. The first-order valence-electron chi connectivity index (χ1n) is 8.41. The van der Waals surface area contributed by atoms with Gasteiger partial charge in [-0.05, 0) is 12.5 Å². The lowest BCUT2D eigenvalue weighted by molar-refractivity contribution is 0.0668. The predicted molar refractivity (Wildman–Crippen MR) is 91.0 cm³/mol. The van der Waals surface area contributed by atoms with Crippen LogP contribution >= 0.6 is 0 Å². The zero-order valence-corrected chi connectivity index (χ0v) is 13.8. The fourth-order valence-corrected chi connectivity index (χ4v) is 3.23. The highest BCUT2D eigenvalue weighted by atomic mass is 16.3. The van der Waals surface area contributed by atoms with E-state index in [4.69, 9.17) is 9.41 Å². The van der Waals surface area contributed by atoms with E-state index in [1.165, 1.54) is 12.5 Å². The van der Waals surface area contributed by atoms with E-state index in [-0.39, 0.29) is 5.91 Å². The first kappa shape index (κ1) is 15.0. The summed E-state index contributed by atoms with van der Waals surface area (Å²) in [6.45, 7) is 6.00. The number of furan rings is 1. The monoisotopic (exact) mass is 327 g/mol. The minimum absolute atomic E-state index is 0.0293. The van der Waals surface area contributed by atoms with E-state index >= 15 is 0 Å². The Kier molecular flexibility index (Phi) is 3.84. The normalized spacial score (nSPS) is 23.2. The molecular formula is C17H21N5O2. The van der Waals surface area contributed by atoms with Crippen molar-refractivity contribution in [2.24, 2.45) is 9.98 Å². The number of piperazine rings is 1. The third kappa shape index (κ3) is 2.70. The SMILES string of the molecule is CCC1CN2C=NC(N3CCN(C(=O)c4ccoc4)CC3)=CC2=N1. The van der Waals surface area contributed by atoms with Crippen molar-refractivity contribution in [3.05, 3.63) is 36.1 Å². The second kappa shape index (κ2) is 6.14. The van der Waals surface area contributed by atoms with Gasteiger partial charge in [-0.1, -0.05) is 6.92 Å². The van der Waals surface area contributed by atoms with Crippen LogP contribution in [0.1, 0.15) is 23.7 Å². The molecule has 0 radical (unpaired) electrons. The third-order valence-electron chi connectivity index (χ3n) is 4.73. The molecule has 7 nitrogen and oxygen atoms in total. The van der Waals surface area contributed by atoms with Crippen molar-refractivity contribution >= 4 is 18.1 Å². The number of carbonyl (C=O) groups excluding carboxylic acids is 1. The fraction of sp³-hybridized carbons (Fsp3) is 0.471. The quantitative estimate of drug-likeness (QED) is 0.842.